The van der Waals surface area contributed by atoms with Crippen LogP contribution in [-0.2, 0) is 51.2 Å². The number of nitrogens with one attached hydrogen (secondary N) is 8. The molecule has 10 amide bonds. The van der Waals surface area contributed by atoms with Crippen molar-refractivity contribution in [3.05, 3.63) is 96.1 Å². The lowest BCUT2D eigenvalue weighted by Gasteiger charge is -2.37. The van der Waals surface area contributed by atoms with Gasteiger partial charge in [-0.3, -0.25) is 38.4 Å². The van der Waals surface area contributed by atoms with Crippen LogP contribution in [0.2, 0.25) is 0 Å². The number of likely N-dealkylation sites (tertiary alicyclic amines) is 2. The number of amides is 10. The van der Waals surface area contributed by atoms with Crippen molar-refractivity contribution in [3.63, 3.8) is 0 Å². The Hall–Kier alpha value is -8.14. The van der Waals surface area contributed by atoms with Gasteiger partial charge in [0.15, 0.2) is 0 Å². The van der Waals surface area contributed by atoms with Crippen molar-refractivity contribution >= 4 is 70.4 Å². The van der Waals surface area contributed by atoms with Gasteiger partial charge in [0.25, 0.3) is 0 Å². The number of halogens is 6. The number of carbonyl (C=O) groups excluding carboxylic acids is 10. The highest BCUT2D eigenvalue weighted by Crippen LogP contribution is 2.29. The Kier molecular flexibility index (Phi) is 27.8. The van der Waals surface area contributed by atoms with Crippen molar-refractivity contribution in [2.45, 2.75) is 143 Å². The summed E-state index contributed by atoms with van der Waals surface area (Å²) >= 11 is 0. The first-order valence-electron chi connectivity index (χ1n) is 29.7. The second kappa shape index (κ2) is 33.6. The SMILES string of the molecule is CN[C@@H](C)C(=O)N[C@H](C(=O)N1CCC[C@H]1CN(CCc1ccccc1)C(=O)CNC(=O)Nc1ccc(NC(=O)NCC(=O)N(CCc2ccccc2)C[C@@H]2CCCN2C(=O)[C@@H](NC(=O)[C@H](C)NC)C(C)(C)C)cc1)C(C)(C)C.O=C(C(=O)C(F)(F)F)C(F)(F)F. The zero-order valence-electron chi connectivity index (χ0n) is 52.6. The zero-order valence-corrected chi connectivity index (χ0v) is 52.6. The summed E-state index contributed by atoms with van der Waals surface area (Å²) in [7, 11) is 3.37. The third kappa shape index (κ3) is 23.3. The number of hydrogen-bond donors (Lipinski definition) is 8. The highest BCUT2D eigenvalue weighted by molar-refractivity contribution is 6.41. The molecule has 3 aromatic rings. The van der Waals surface area contributed by atoms with E-state index in [4.69, 9.17) is 0 Å². The van der Waals surface area contributed by atoms with Gasteiger partial charge in [0.1, 0.15) is 12.1 Å². The van der Waals surface area contributed by atoms with Crippen LogP contribution in [0.25, 0.3) is 0 Å². The van der Waals surface area contributed by atoms with Crippen LogP contribution < -0.4 is 42.5 Å². The van der Waals surface area contributed by atoms with E-state index in [2.05, 4.69) is 42.5 Å². The van der Waals surface area contributed by atoms with E-state index in [1.807, 2.05) is 102 Å². The molecule has 2 aliphatic heterocycles. The minimum absolute atomic E-state index is 0.197. The highest BCUT2D eigenvalue weighted by Gasteiger charge is 2.54. The molecule has 0 saturated carbocycles. The molecule has 90 heavy (non-hydrogen) atoms. The molecule has 2 fully saturated rings. The Morgan fingerprint density at radius 1 is 0.511 bits per heavy atom. The molecule has 5 rings (SSSR count). The van der Waals surface area contributed by atoms with E-state index in [0.29, 0.717) is 63.2 Å². The number of Topliss-reactive ketones (excluding diaryl/α,β-unsaturated/α-hetero) is 2. The lowest BCUT2D eigenvalue weighted by Crippen LogP contribution is -2.59. The van der Waals surface area contributed by atoms with E-state index in [0.717, 1.165) is 24.0 Å². The molecule has 8 N–H and O–H groups in total. The number of rotatable bonds is 25. The topological polar surface area (TPSA) is 280 Å². The van der Waals surface area contributed by atoms with Gasteiger partial charge in [-0.1, -0.05) is 102 Å². The Balaban J connectivity index is 0.00000130. The van der Waals surface area contributed by atoms with Gasteiger partial charge in [0.2, 0.25) is 35.4 Å². The second-order valence-electron chi connectivity index (χ2n) is 24.3. The molecule has 0 bridgehead atoms. The maximum Gasteiger partial charge on any atom is 0.458 e. The first kappa shape index (κ1) is 74.3. The number of urea groups is 2. The summed E-state index contributed by atoms with van der Waals surface area (Å²) < 4.78 is 67.0. The molecule has 0 spiro atoms. The van der Waals surface area contributed by atoms with Gasteiger partial charge in [-0.05, 0) is 113 Å². The molecule has 28 heteroatoms. The predicted octanol–water partition coefficient (Wildman–Crippen LogP) is 5.58. The number of likely N-dealkylation sites (N-methyl/N-ethyl adjacent to an activating group) is 2. The fourth-order valence-electron chi connectivity index (χ4n) is 9.80. The van der Waals surface area contributed by atoms with Crippen molar-refractivity contribution in [2.24, 2.45) is 10.8 Å². The minimum Gasteiger partial charge on any atom is -0.342 e. The number of ketones is 2. The first-order chi connectivity index (χ1) is 42.0. The van der Waals surface area contributed by atoms with Crippen LogP contribution in [0.1, 0.15) is 92.2 Å². The van der Waals surface area contributed by atoms with E-state index in [1.165, 1.54) is 0 Å². The maximum atomic E-state index is 14.2. The van der Waals surface area contributed by atoms with Crippen LogP contribution in [0.15, 0.2) is 84.9 Å². The summed E-state index contributed by atoms with van der Waals surface area (Å²) in [6, 6.07) is 21.5. The molecule has 2 saturated heterocycles. The minimum atomic E-state index is -5.77. The largest absolute Gasteiger partial charge is 0.458 e. The summed E-state index contributed by atoms with van der Waals surface area (Å²) in [6.07, 6.45) is -7.58. The van der Waals surface area contributed by atoms with Crippen molar-refractivity contribution in [1.29, 1.82) is 0 Å². The highest BCUT2D eigenvalue weighted by atomic mass is 19.4. The van der Waals surface area contributed by atoms with Crippen LogP contribution in [0.4, 0.5) is 47.3 Å². The fourth-order valence-corrected chi connectivity index (χ4v) is 9.80. The van der Waals surface area contributed by atoms with Gasteiger partial charge in [-0.25, -0.2) is 9.59 Å². The summed E-state index contributed by atoms with van der Waals surface area (Å²) in [4.78, 5) is 135. The smallest absolute Gasteiger partial charge is 0.342 e. The molecule has 0 radical (unpaired) electrons. The summed E-state index contributed by atoms with van der Waals surface area (Å²) in [5.41, 5.74) is 1.70. The fraction of sp³-hybridized carbons (Fsp3) is 0.548. The van der Waals surface area contributed by atoms with Crippen molar-refractivity contribution in [2.75, 3.05) is 77.1 Å². The van der Waals surface area contributed by atoms with Crippen molar-refractivity contribution in [3.8, 4) is 0 Å². The maximum absolute atomic E-state index is 14.2. The third-order valence-corrected chi connectivity index (χ3v) is 15.3. The lowest BCUT2D eigenvalue weighted by atomic mass is 9.85. The molecular weight excluding hydrogens is 1190 g/mol. The Morgan fingerprint density at radius 3 is 1.12 bits per heavy atom. The van der Waals surface area contributed by atoms with Gasteiger partial charge < -0.3 is 62.1 Å². The van der Waals surface area contributed by atoms with Crippen LogP contribution >= 0.6 is 0 Å². The third-order valence-electron chi connectivity index (χ3n) is 15.3. The van der Waals surface area contributed by atoms with Gasteiger partial charge in [-0.15, -0.1) is 0 Å². The van der Waals surface area contributed by atoms with Gasteiger partial charge in [-0.2, -0.15) is 26.3 Å². The molecular formula is C62H86F6N12O10. The molecule has 6 atom stereocenters. The molecule has 0 unspecified atom stereocenters. The molecule has 0 aliphatic carbocycles. The average Bonchev–Trinajstić information content (AvgIpc) is 3.77. The number of anilines is 2. The molecule has 2 aliphatic rings. The summed E-state index contributed by atoms with van der Waals surface area (Å²) in [6.45, 7) is 16.5. The Bertz CT molecular complexity index is 2730. The monoisotopic (exact) mass is 1270 g/mol. The molecule has 3 aromatic carbocycles. The number of carbonyl (C=O) groups is 10. The van der Waals surface area contributed by atoms with Crippen LogP contribution in [0.3, 0.4) is 0 Å². The van der Waals surface area contributed by atoms with E-state index in [9.17, 15) is 74.3 Å². The average molecular weight is 1270 g/mol. The van der Waals surface area contributed by atoms with E-state index in [-0.39, 0.29) is 73.7 Å². The van der Waals surface area contributed by atoms with Crippen LogP contribution in [0, 0.1) is 10.8 Å². The van der Waals surface area contributed by atoms with Crippen molar-refractivity contribution in [1.82, 2.24) is 51.5 Å². The number of nitrogens with zero attached hydrogens (tertiary/aromatic N) is 4. The van der Waals surface area contributed by atoms with E-state index in [1.54, 1.807) is 71.8 Å². The molecule has 496 valence electrons. The Labute approximate surface area is 521 Å². The summed E-state index contributed by atoms with van der Waals surface area (Å²) in [5.74, 6) is -8.41. The van der Waals surface area contributed by atoms with Gasteiger partial charge >= 0.3 is 36.0 Å². The first-order valence-corrected chi connectivity index (χ1v) is 29.7. The van der Waals surface area contributed by atoms with E-state index >= 15 is 0 Å². The second-order valence-corrected chi connectivity index (χ2v) is 24.3. The number of hydrogen-bond acceptors (Lipinski definition) is 12. The number of benzene rings is 3. The Morgan fingerprint density at radius 2 is 0.833 bits per heavy atom. The quantitative estimate of drug-likeness (QED) is 0.0382. The predicted molar refractivity (Wildman–Crippen MR) is 325 cm³/mol. The molecule has 2 heterocycles. The normalized spacial score (nSPS) is 16.4. The lowest BCUT2D eigenvalue weighted by molar-refractivity contribution is -0.193. The molecule has 0 aromatic heterocycles. The van der Waals surface area contributed by atoms with Crippen LogP contribution in [-0.4, -0.2) is 194 Å². The molecule has 22 nitrogen and oxygen atoms in total. The van der Waals surface area contributed by atoms with Crippen molar-refractivity contribution < 1.29 is 74.3 Å². The van der Waals surface area contributed by atoms with E-state index < -0.39 is 71.0 Å². The number of alkyl halides is 6. The van der Waals surface area contributed by atoms with Crippen LogP contribution in [0.5, 0.6) is 0 Å². The summed E-state index contributed by atoms with van der Waals surface area (Å²) in [5, 5.41) is 22.6. The zero-order chi connectivity index (χ0) is 67.3. The van der Waals surface area contributed by atoms with Gasteiger partial charge in [0.05, 0.1) is 25.2 Å². The van der Waals surface area contributed by atoms with Gasteiger partial charge in [0, 0.05) is 62.7 Å². The standard InChI is InChI=1S/C58H86N12O8.C4F6O2/c1-39(59-9)51(73)65-49(57(3,4)5)53(75)69-31-17-23-45(69)37-67(33-29-41-19-13-11-14-20-41)47(71)35-61-55(77)63-43-25-27-44(28-26-43)64-56(78)62-36-48(72)68(34-30-42-21-15-12-16-22-42)38-46-24-18-32-70(46)54(76)50(58(6,7)8)66-52(74)40(2)60-10;5-3(6,7)1(11)2(12)4(8,9)10/h11-16,19-22,25-28,39-40,45-46,49-50,59-60H,17-18,23-24,29-38H2,1-10H3,(H,65,73)(H,66,74)(H2,61,63,77)(H2,62,64,78);/t39-,40-,45-,46-,49+,50+;/m0./s1.